The number of rotatable bonds is 8. The fourth-order valence-corrected chi connectivity index (χ4v) is 1.52. The number of unbranched alkanes of at least 4 members (excludes halogenated alkanes) is 1. The van der Waals surface area contributed by atoms with Crippen LogP contribution in [0.2, 0.25) is 0 Å². The topological polar surface area (TPSA) is 0 Å². The number of allylic oxidation sites excluding steroid dienone is 10. The van der Waals surface area contributed by atoms with Crippen LogP contribution in [0.25, 0.3) is 0 Å². The van der Waals surface area contributed by atoms with Gasteiger partial charge in [0.1, 0.15) is 0 Å². The summed E-state index contributed by atoms with van der Waals surface area (Å²) in [5.74, 6) is 0. The van der Waals surface area contributed by atoms with Gasteiger partial charge in [-0.15, -0.1) is 0 Å². The minimum Gasteiger partial charge on any atom is -0.0917 e. The molecule has 0 heterocycles. The molecule has 0 fully saturated rings. The summed E-state index contributed by atoms with van der Waals surface area (Å²) >= 11 is 0. The molecule has 0 aromatic rings. The van der Waals surface area contributed by atoms with Crippen LogP contribution in [-0.2, 0) is 0 Å². The summed E-state index contributed by atoms with van der Waals surface area (Å²) in [7, 11) is 0. The zero-order valence-electron chi connectivity index (χ0n) is 12.4. The Hall–Kier alpha value is -1.30. The molecule has 0 aromatic carbocycles. The molecule has 0 amide bonds. The molecule has 0 heteroatoms. The fraction of sp³-hybridized carbons (Fsp3) is 0.444. The lowest BCUT2D eigenvalue weighted by atomic mass is 10.0. The first-order valence-corrected chi connectivity index (χ1v) is 6.91. The SMILES string of the molecule is C/C=C\C=C/C/C(C)=C(/C)C/C=C/CC/C=C\C. The maximum Gasteiger partial charge on any atom is -0.0136 e. The second-order valence-electron chi connectivity index (χ2n) is 4.54. The average molecular weight is 244 g/mol. The van der Waals surface area contributed by atoms with E-state index in [2.05, 4.69) is 69.4 Å². The van der Waals surface area contributed by atoms with Gasteiger partial charge in [0.2, 0.25) is 0 Å². The van der Waals surface area contributed by atoms with Crippen LogP contribution in [0.1, 0.15) is 53.4 Å². The molecule has 0 radical (unpaired) electrons. The predicted molar refractivity (Wildman–Crippen MR) is 84.8 cm³/mol. The average Bonchev–Trinajstić information content (AvgIpc) is 2.38. The molecule has 0 aromatic heterocycles. The van der Waals surface area contributed by atoms with Crippen molar-refractivity contribution in [1.29, 1.82) is 0 Å². The van der Waals surface area contributed by atoms with Gasteiger partial charge >= 0.3 is 0 Å². The molecule has 0 N–H and O–H groups in total. The summed E-state index contributed by atoms with van der Waals surface area (Å²) in [6.45, 7) is 8.57. The lowest BCUT2D eigenvalue weighted by Crippen LogP contribution is -1.82. The summed E-state index contributed by atoms with van der Waals surface area (Å²) in [4.78, 5) is 0. The van der Waals surface area contributed by atoms with Crippen LogP contribution in [0.15, 0.2) is 59.8 Å². The smallest absolute Gasteiger partial charge is 0.0136 e. The summed E-state index contributed by atoms with van der Waals surface area (Å²) in [6.07, 6.45) is 21.8. The molecule has 0 nitrogen and oxygen atoms in total. The monoisotopic (exact) mass is 244 g/mol. The van der Waals surface area contributed by atoms with E-state index in [1.807, 2.05) is 6.92 Å². The van der Waals surface area contributed by atoms with Gasteiger partial charge in [0.25, 0.3) is 0 Å². The number of hydrogen-bond donors (Lipinski definition) is 0. The van der Waals surface area contributed by atoms with Crippen LogP contribution >= 0.6 is 0 Å². The van der Waals surface area contributed by atoms with E-state index >= 15 is 0 Å². The third-order valence-electron chi connectivity index (χ3n) is 2.92. The van der Waals surface area contributed by atoms with Gasteiger partial charge < -0.3 is 0 Å². The zero-order chi connectivity index (χ0) is 13.6. The lowest BCUT2D eigenvalue weighted by Gasteiger charge is -2.02. The first-order chi connectivity index (χ1) is 8.72. The molecule has 0 aliphatic heterocycles. The Kier molecular flexibility index (Phi) is 11.3. The molecule has 0 spiro atoms. The van der Waals surface area contributed by atoms with Crippen LogP contribution in [0, 0.1) is 0 Å². The van der Waals surface area contributed by atoms with Crippen molar-refractivity contribution in [3.05, 3.63) is 59.8 Å². The van der Waals surface area contributed by atoms with Crippen molar-refractivity contribution in [2.24, 2.45) is 0 Å². The Bertz CT molecular complexity index is 335. The maximum absolute atomic E-state index is 2.29. The lowest BCUT2D eigenvalue weighted by molar-refractivity contribution is 1.02. The molecule has 100 valence electrons. The van der Waals surface area contributed by atoms with E-state index in [0.717, 1.165) is 25.7 Å². The zero-order valence-corrected chi connectivity index (χ0v) is 12.4. The van der Waals surface area contributed by atoms with E-state index < -0.39 is 0 Å². The largest absolute Gasteiger partial charge is 0.0917 e. The molecule has 0 aliphatic carbocycles. The van der Waals surface area contributed by atoms with Gasteiger partial charge in [-0.1, -0.05) is 59.8 Å². The Morgan fingerprint density at radius 3 is 1.89 bits per heavy atom. The summed E-state index contributed by atoms with van der Waals surface area (Å²) in [6, 6.07) is 0. The Morgan fingerprint density at radius 1 is 0.667 bits per heavy atom. The van der Waals surface area contributed by atoms with E-state index in [0.29, 0.717) is 0 Å². The minimum atomic E-state index is 1.06. The minimum absolute atomic E-state index is 1.06. The van der Waals surface area contributed by atoms with Crippen molar-refractivity contribution in [2.75, 3.05) is 0 Å². The second-order valence-corrected chi connectivity index (χ2v) is 4.54. The third kappa shape index (κ3) is 9.89. The van der Waals surface area contributed by atoms with Gasteiger partial charge in [0.05, 0.1) is 0 Å². The summed E-state index contributed by atoms with van der Waals surface area (Å²) < 4.78 is 0. The molecular weight excluding hydrogens is 216 g/mol. The van der Waals surface area contributed by atoms with Gasteiger partial charge in [-0.25, -0.2) is 0 Å². The highest BCUT2D eigenvalue weighted by atomic mass is 14.0. The van der Waals surface area contributed by atoms with Crippen LogP contribution in [0.4, 0.5) is 0 Å². The van der Waals surface area contributed by atoms with Crippen LogP contribution < -0.4 is 0 Å². The summed E-state index contributed by atoms with van der Waals surface area (Å²) in [5, 5.41) is 0. The van der Waals surface area contributed by atoms with Crippen molar-refractivity contribution >= 4 is 0 Å². The highest BCUT2D eigenvalue weighted by molar-refractivity contribution is 5.17. The molecule has 0 saturated heterocycles. The van der Waals surface area contributed by atoms with Crippen molar-refractivity contribution in [2.45, 2.75) is 53.4 Å². The van der Waals surface area contributed by atoms with E-state index in [4.69, 9.17) is 0 Å². The standard InChI is InChI=1S/C18H28/c1-5-7-9-11-12-14-16-18(4)17(3)15-13-10-8-6-2/h5-8,10,12-14H,9,11,15-16H2,1-4H3/b7-5-,8-6-,13-10-,14-12+,18-17-. The van der Waals surface area contributed by atoms with Gasteiger partial charge in [-0.3, -0.25) is 0 Å². The van der Waals surface area contributed by atoms with Crippen molar-refractivity contribution in [3.8, 4) is 0 Å². The molecule has 0 rings (SSSR count). The molecule has 0 atom stereocenters. The quantitative estimate of drug-likeness (QED) is 0.273. The van der Waals surface area contributed by atoms with E-state index in [9.17, 15) is 0 Å². The van der Waals surface area contributed by atoms with Crippen molar-refractivity contribution < 1.29 is 0 Å². The van der Waals surface area contributed by atoms with Gasteiger partial charge in [0, 0.05) is 0 Å². The number of hydrogen-bond acceptors (Lipinski definition) is 0. The van der Waals surface area contributed by atoms with Crippen molar-refractivity contribution in [3.63, 3.8) is 0 Å². The van der Waals surface area contributed by atoms with Crippen LogP contribution in [-0.4, -0.2) is 0 Å². The van der Waals surface area contributed by atoms with Gasteiger partial charge in [0.15, 0.2) is 0 Å². The van der Waals surface area contributed by atoms with Crippen LogP contribution in [0.3, 0.4) is 0 Å². The molecule has 0 aliphatic rings. The Labute approximate surface area is 113 Å². The predicted octanol–water partition coefficient (Wildman–Crippen LogP) is 6.15. The highest BCUT2D eigenvalue weighted by Gasteiger charge is 1.92. The molecule has 0 unspecified atom stereocenters. The first kappa shape index (κ1) is 16.7. The Balaban J connectivity index is 3.99. The first-order valence-electron chi connectivity index (χ1n) is 6.91. The third-order valence-corrected chi connectivity index (χ3v) is 2.92. The molecule has 18 heavy (non-hydrogen) atoms. The van der Waals surface area contributed by atoms with Gasteiger partial charge in [-0.2, -0.15) is 0 Å². The second kappa shape index (κ2) is 12.2. The van der Waals surface area contributed by atoms with E-state index in [1.165, 1.54) is 11.1 Å². The molecule has 0 bridgehead atoms. The van der Waals surface area contributed by atoms with E-state index in [-0.39, 0.29) is 0 Å². The normalized spacial score (nSPS) is 14.4. The fourth-order valence-electron chi connectivity index (χ4n) is 1.52. The highest BCUT2D eigenvalue weighted by Crippen LogP contribution is 2.13. The molecular formula is C18H28. The Morgan fingerprint density at radius 2 is 1.28 bits per heavy atom. The summed E-state index contributed by atoms with van der Waals surface area (Å²) in [5.41, 5.74) is 2.97. The van der Waals surface area contributed by atoms with Gasteiger partial charge in [-0.05, 0) is 53.4 Å². The maximum atomic E-state index is 2.29. The van der Waals surface area contributed by atoms with E-state index in [1.54, 1.807) is 0 Å². The van der Waals surface area contributed by atoms with Crippen molar-refractivity contribution in [1.82, 2.24) is 0 Å². The molecule has 0 saturated carbocycles. The van der Waals surface area contributed by atoms with Crippen LogP contribution in [0.5, 0.6) is 0 Å².